The van der Waals surface area contributed by atoms with Crippen LogP contribution in [0.4, 0.5) is 0 Å². The van der Waals surface area contributed by atoms with Crippen molar-refractivity contribution in [3.05, 3.63) is 48.2 Å². The number of nitrogens with zero attached hydrogens (tertiary/aromatic N) is 7. The molecule has 124 valence electrons. The molecule has 0 unspecified atom stereocenters. The van der Waals surface area contributed by atoms with Gasteiger partial charge in [0.25, 0.3) is 0 Å². The predicted molar refractivity (Wildman–Crippen MR) is 90.1 cm³/mol. The molecule has 1 aliphatic rings. The van der Waals surface area contributed by atoms with Gasteiger partial charge in [0.1, 0.15) is 12.2 Å². The molecule has 0 radical (unpaired) electrons. The maximum absolute atomic E-state index is 4.54. The van der Waals surface area contributed by atoms with E-state index in [9.17, 15) is 0 Å². The topological polar surface area (TPSA) is 64.7 Å². The van der Waals surface area contributed by atoms with Gasteiger partial charge in [0.15, 0.2) is 0 Å². The van der Waals surface area contributed by atoms with Crippen molar-refractivity contribution in [1.29, 1.82) is 0 Å². The zero-order valence-electron chi connectivity index (χ0n) is 14.1. The van der Waals surface area contributed by atoms with Crippen molar-refractivity contribution in [2.45, 2.75) is 19.4 Å². The van der Waals surface area contributed by atoms with Crippen molar-refractivity contribution in [3.8, 4) is 11.3 Å². The highest BCUT2D eigenvalue weighted by atomic mass is 15.2. The van der Waals surface area contributed by atoms with E-state index in [2.05, 4.69) is 29.5 Å². The molecule has 0 saturated heterocycles. The van der Waals surface area contributed by atoms with E-state index < -0.39 is 0 Å². The van der Waals surface area contributed by atoms with Crippen molar-refractivity contribution in [1.82, 2.24) is 34.2 Å². The first-order valence-electron chi connectivity index (χ1n) is 8.21. The summed E-state index contributed by atoms with van der Waals surface area (Å²) in [6.45, 7) is 2.84. The Kier molecular flexibility index (Phi) is 3.86. The number of hydrogen-bond donors (Lipinski definition) is 0. The lowest BCUT2D eigenvalue weighted by molar-refractivity contribution is 0.269. The summed E-state index contributed by atoms with van der Waals surface area (Å²) in [5.41, 5.74) is 4.50. The van der Waals surface area contributed by atoms with Crippen LogP contribution >= 0.6 is 0 Å². The van der Waals surface area contributed by atoms with Gasteiger partial charge in [-0.05, 0) is 6.42 Å². The molecule has 0 spiro atoms. The average Bonchev–Trinajstić information content (AvgIpc) is 3.12. The van der Waals surface area contributed by atoms with Gasteiger partial charge in [-0.25, -0.2) is 15.0 Å². The Morgan fingerprint density at radius 1 is 1.08 bits per heavy atom. The molecule has 7 heteroatoms. The quantitative estimate of drug-likeness (QED) is 0.725. The maximum atomic E-state index is 4.54. The smallest absolute Gasteiger partial charge is 0.122 e. The van der Waals surface area contributed by atoms with Gasteiger partial charge in [0.05, 0.1) is 18.4 Å². The predicted octanol–water partition coefficient (Wildman–Crippen LogP) is 1.21. The number of hydrogen-bond acceptors (Lipinski definition) is 5. The summed E-state index contributed by atoms with van der Waals surface area (Å²) in [7, 11) is 3.97. The molecular weight excluding hydrogens is 302 g/mol. The van der Waals surface area contributed by atoms with Gasteiger partial charge in [0, 0.05) is 69.0 Å². The molecule has 1 aliphatic heterocycles. The number of rotatable bonds is 3. The van der Waals surface area contributed by atoms with Gasteiger partial charge in [-0.2, -0.15) is 5.10 Å². The molecule has 0 aliphatic carbocycles. The van der Waals surface area contributed by atoms with Crippen LogP contribution in [-0.4, -0.2) is 47.3 Å². The Labute approximate surface area is 141 Å². The molecule has 3 aromatic heterocycles. The minimum atomic E-state index is 0.868. The molecule has 0 amide bonds. The second-order valence-corrected chi connectivity index (χ2v) is 6.28. The Morgan fingerprint density at radius 2 is 1.96 bits per heavy atom. The first-order valence-corrected chi connectivity index (χ1v) is 8.21. The largest absolute Gasteiger partial charge is 0.337 e. The van der Waals surface area contributed by atoms with E-state index in [1.54, 1.807) is 6.33 Å². The van der Waals surface area contributed by atoms with Crippen LogP contribution in [0.2, 0.25) is 0 Å². The molecule has 4 heterocycles. The van der Waals surface area contributed by atoms with Gasteiger partial charge in [-0.15, -0.1) is 0 Å². The zero-order chi connectivity index (χ0) is 16.5. The van der Waals surface area contributed by atoms with Crippen LogP contribution in [-0.2, 0) is 33.5 Å². The normalized spacial score (nSPS) is 15.2. The summed E-state index contributed by atoms with van der Waals surface area (Å²) in [5, 5.41) is 4.27. The third kappa shape index (κ3) is 2.82. The van der Waals surface area contributed by atoms with E-state index in [0.717, 1.165) is 55.3 Å². The van der Waals surface area contributed by atoms with E-state index in [-0.39, 0.29) is 0 Å². The van der Waals surface area contributed by atoms with Gasteiger partial charge >= 0.3 is 0 Å². The van der Waals surface area contributed by atoms with Crippen molar-refractivity contribution < 1.29 is 0 Å². The first-order chi connectivity index (χ1) is 11.7. The lowest BCUT2D eigenvalue weighted by Gasteiger charge is -2.19. The second kappa shape index (κ2) is 6.16. The van der Waals surface area contributed by atoms with Crippen LogP contribution in [0, 0.1) is 0 Å². The van der Waals surface area contributed by atoms with E-state index in [1.807, 2.05) is 43.6 Å². The number of aromatic nitrogens is 6. The molecule has 0 fully saturated rings. The Morgan fingerprint density at radius 3 is 2.71 bits per heavy atom. The summed E-state index contributed by atoms with van der Waals surface area (Å²) in [6.07, 6.45) is 11.3. The van der Waals surface area contributed by atoms with Crippen molar-refractivity contribution in [2.24, 2.45) is 14.1 Å². The third-order valence-electron chi connectivity index (χ3n) is 4.64. The molecule has 0 saturated carbocycles. The van der Waals surface area contributed by atoms with E-state index in [0.29, 0.717) is 0 Å². The fourth-order valence-electron chi connectivity index (χ4n) is 3.27. The summed E-state index contributed by atoms with van der Waals surface area (Å²) in [4.78, 5) is 15.9. The standard InChI is InChI=1S/C17H21N7/c1-22-8-5-18-16(22)11-24-6-3-14-15(4-7-24)19-12-20-17(14)13-9-21-23(2)10-13/h5,8-10,12H,3-4,6-7,11H2,1-2H3. The Bertz CT molecular complexity index is 848. The van der Waals surface area contributed by atoms with Crippen LogP contribution in [0.1, 0.15) is 17.1 Å². The SMILES string of the molecule is Cn1cc(-c2ncnc3c2CCN(Cc2nccn2C)CC3)cn1. The van der Waals surface area contributed by atoms with Crippen LogP contribution in [0.15, 0.2) is 31.1 Å². The van der Waals surface area contributed by atoms with Crippen molar-refractivity contribution >= 4 is 0 Å². The second-order valence-electron chi connectivity index (χ2n) is 6.28. The molecule has 0 N–H and O–H groups in total. The summed E-state index contributed by atoms with van der Waals surface area (Å²) in [6, 6.07) is 0. The van der Waals surface area contributed by atoms with E-state index >= 15 is 0 Å². The van der Waals surface area contributed by atoms with Crippen molar-refractivity contribution in [2.75, 3.05) is 13.1 Å². The van der Waals surface area contributed by atoms with Crippen LogP contribution in [0.25, 0.3) is 11.3 Å². The minimum absolute atomic E-state index is 0.868. The van der Waals surface area contributed by atoms with Gasteiger partial charge < -0.3 is 4.57 Å². The van der Waals surface area contributed by atoms with Gasteiger partial charge in [-0.1, -0.05) is 0 Å². The fraction of sp³-hybridized carbons (Fsp3) is 0.412. The molecule has 4 rings (SSSR count). The van der Waals surface area contributed by atoms with E-state index in [4.69, 9.17) is 0 Å². The maximum Gasteiger partial charge on any atom is 0.122 e. The lowest BCUT2D eigenvalue weighted by atomic mass is 10.0. The molecule has 7 nitrogen and oxygen atoms in total. The third-order valence-corrected chi connectivity index (χ3v) is 4.64. The fourth-order valence-corrected chi connectivity index (χ4v) is 3.27. The summed E-state index contributed by atoms with van der Waals surface area (Å²) < 4.78 is 3.90. The number of fused-ring (bicyclic) bond motifs is 1. The zero-order valence-corrected chi connectivity index (χ0v) is 14.1. The van der Waals surface area contributed by atoms with Crippen LogP contribution in [0.5, 0.6) is 0 Å². The van der Waals surface area contributed by atoms with Gasteiger partial charge in [0.2, 0.25) is 0 Å². The molecule has 3 aromatic rings. The molecule has 24 heavy (non-hydrogen) atoms. The number of imidazole rings is 1. The monoisotopic (exact) mass is 323 g/mol. The lowest BCUT2D eigenvalue weighted by Crippen LogP contribution is -2.27. The van der Waals surface area contributed by atoms with Crippen LogP contribution < -0.4 is 0 Å². The molecule has 0 bridgehead atoms. The average molecular weight is 323 g/mol. The van der Waals surface area contributed by atoms with Gasteiger partial charge in [-0.3, -0.25) is 9.58 Å². The molecule has 0 atom stereocenters. The highest BCUT2D eigenvalue weighted by Crippen LogP contribution is 2.25. The Hall–Kier alpha value is -2.54. The Balaban J connectivity index is 1.58. The highest BCUT2D eigenvalue weighted by molar-refractivity contribution is 5.62. The minimum Gasteiger partial charge on any atom is -0.337 e. The summed E-state index contributed by atoms with van der Waals surface area (Å²) >= 11 is 0. The van der Waals surface area contributed by atoms with Crippen LogP contribution in [0.3, 0.4) is 0 Å². The molecular formula is C17H21N7. The number of aryl methyl sites for hydroxylation is 2. The van der Waals surface area contributed by atoms with Crippen molar-refractivity contribution in [3.63, 3.8) is 0 Å². The summed E-state index contributed by atoms with van der Waals surface area (Å²) in [5.74, 6) is 1.10. The highest BCUT2D eigenvalue weighted by Gasteiger charge is 2.20. The van der Waals surface area contributed by atoms with E-state index in [1.165, 1.54) is 5.56 Å². The first kappa shape index (κ1) is 15.0. The molecule has 0 aromatic carbocycles.